The second-order valence-electron chi connectivity index (χ2n) is 5.48. The number of aromatic nitrogens is 2. The molecule has 0 saturated heterocycles. The van der Waals surface area contributed by atoms with Crippen molar-refractivity contribution < 1.29 is 4.79 Å². The molecule has 23 heavy (non-hydrogen) atoms. The van der Waals surface area contributed by atoms with Crippen LogP contribution in [0.2, 0.25) is 0 Å². The molecule has 2 rings (SSSR count). The predicted octanol–water partition coefficient (Wildman–Crippen LogP) is 4.16. The van der Waals surface area contributed by atoms with Crippen molar-refractivity contribution in [2.45, 2.75) is 26.7 Å². The van der Waals surface area contributed by atoms with Gasteiger partial charge in [0.2, 0.25) is 5.95 Å². The summed E-state index contributed by atoms with van der Waals surface area (Å²) in [6, 6.07) is 5.98. The smallest absolute Gasteiger partial charge is 0.256 e. The van der Waals surface area contributed by atoms with Crippen molar-refractivity contribution in [2.24, 2.45) is 0 Å². The minimum Gasteiger partial charge on any atom is -0.342 e. The molecule has 1 aromatic carbocycles. The summed E-state index contributed by atoms with van der Waals surface area (Å²) in [6.07, 6.45) is 5.16. The highest BCUT2D eigenvalue weighted by Crippen LogP contribution is 2.25. The van der Waals surface area contributed by atoms with Gasteiger partial charge in [0.25, 0.3) is 5.91 Å². The number of hydrogen-bond acceptors (Lipinski definition) is 4. The molecule has 0 aliphatic carbocycles. The number of nitrogens with one attached hydrogen (secondary N) is 1. The van der Waals surface area contributed by atoms with E-state index in [1.54, 1.807) is 24.3 Å². The van der Waals surface area contributed by atoms with Gasteiger partial charge in [0, 0.05) is 30.5 Å². The lowest BCUT2D eigenvalue weighted by molar-refractivity contribution is 0.0792. The van der Waals surface area contributed by atoms with Gasteiger partial charge < -0.3 is 10.2 Å². The first-order valence-corrected chi connectivity index (χ1v) is 8.41. The van der Waals surface area contributed by atoms with Crippen LogP contribution in [0, 0.1) is 6.92 Å². The molecule has 5 nitrogen and oxygen atoms in total. The van der Waals surface area contributed by atoms with Crippen LogP contribution in [0.25, 0.3) is 0 Å². The molecule has 0 aliphatic rings. The Balaban J connectivity index is 2.05. The summed E-state index contributed by atoms with van der Waals surface area (Å²) in [5.74, 6) is 0.406. The van der Waals surface area contributed by atoms with Crippen LogP contribution in [0.15, 0.2) is 35.1 Å². The van der Waals surface area contributed by atoms with E-state index in [-0.39, 0.29) is 5.91 Å². The Kier molecular flexibility index (Phi) is 6.10. The van der Waals surface area contributed by atoms with Gasteiger partial charge in [-0.05, 0) is 47.0 Å². The molecular weight excluding hydrogens is 356 g/mol. The lowest BCUT2D eigenvalue weighted by atomic mass is 10.2. The van der Waals surface area contributed by atoms with Gasteiger partial charge in [-0.3, -0.25) is 4.79 Å². The van der Waals surface area contributed by atoms with Crippen LogP contribution in [0.3, 0.4) is 0 Å². The molecule has 0 radical (unpaired) electrons. The fraction of sp³-hybridized carbons (Fsp3) is 0.353. The number of benzene rings is 1. The van der Waals surface area contributed by atoms with E-state index in [1.165, 1.54) is 5.56 Å². The molecule has 0 aliphatic heterocycles. The quantitative estimate of drug-likeness (QED) is 0.821. The second-order valence-corrected chi connectivity index (χ2v) is 6.34. The molecule has 2 aromatic rings. The zero-order chi connectivity index (χ0) is 16.8. The number of hydrogen-bond donors (Lipinski definition) is 1. The fourth-order valence-corrected chi connectivity index (χ4v) is 2.65. The number of unbranched alkanes of at least 4 members (excludes halogenated alkanes) is 1. The maximum absolute atomic E-state index is 12.2. The van der Waals surface area contributed by atoms with E-state index in [0.29, 0.717) is 11.5 Å². The van der Waals surface area contributed by atoms with E-state index in [9.17, 15) is 4.79 Å². The lowest BCUT2D eigenvalue weighted by Crippen LogP contribution is -2.27. The molecule has 122 valence electrons. The van der Waals surface area contributed by atoms with Gasteiger partial charge in [-0.1, -0.05) is 19.4 Å². The Morgan fingerprint density at radius 2 is 2.00 bits per heavy atom. The third-order valence-electron chi connectivity index (χ3n) is 3.46. The highest BCUT2D eigenvalue weighted by atomic mass is 79.9. The summed E-state index contributed by atoms with van der Waals surface area (Å²) < 4.78 is 0.945. The van der Waals surface area contributed by atoms with Gasteiger partial charge >= 0.3 is 0 Å². The Morgan fingerprint density at radius 3 is 2.61 bits per heavy atom. The molecule has 1 N–H and O–H groups in total. The summed E-state index contributed by atoms with van der Waals surface area (Å²) in [6.45, 7) is 4.87. The molecular formula is C17H21BrN4O. The zero-order valence-corrected chi connectivity index (χ0v) is 15.2. The largest absolute Gasteiger partial charge is 0.342 e. The second kappa shape index (κ2) is 8.06. The van der Waals surface area contributed by atoms with Crippen LogP contribution in [-0.2, 0) is 0 Å². The van der Waals surface area contributed by atoms with Crippen LogP contribution in [-0.4, -0.2) is 34.4 Å². The maximum Gasteiger partial charge on any atom is 0.256 e. The molecule has 0 atom stereocenters. The predicted molar refractivity (Wildman–Crippen MR) is 96.1 cm³/mol. The Labute approximate surface area is 145 Å². The summed E-state index contributed by atoms with van der Waals surface area (Å²) in [5, 5.41) is 3.14. The Hall–Kier alpha value is -1.95. The van der Waals surface area contributed by atoms with Crippen molar-refractivity contribution in [2.75, 3.05) is 18.9 Å². The van der Waals surface area contributed by atoms with E-state index < -0.39 is 0 Å². The third kappa shape index (κ3) is 4.76. The molecule has 0 saturated carbocycles. The minimum absolute atomic E-state index is 0.0542. The topological polar surface area (TPSA) is 58.1 Å². The summed E-state index contributed by atoms with van der Waals surface area (Å²) in [4.78, 5) is 22.4. The first-order chi connectivity index (χ1) is 11.0. The van der Waals surface area contributed by atoms with Gasteiger partial charge in [0.15, 0.2) is 0 Å². The number of halogens is 1. The Bertz CT molecular complexity index is 673. The van der Waals surface area contributed by atoms with E-state index >= 15 is 0 Å². The first-order valence-electron chi connectivity index (χ1n) is 7.62. The van der Waals surface area contributed by atoms with Crippen LogP contribution in [0.1, 0.15) is 35.7 Å². The summed E-state index contributed by atoms with van der Waals surface area (Å²) >= 11 is 3.51. The SMILES string of the molecule is CCCCN(C)C(=O)c1cnc(Nc2ccc(C)cc2Br)nc1. The van der Waals surface area contributed by atoms with Gasteiger partial charge in [-0.15, -0.1) is 0 Å². The number of nitrogens with zero attached hydrogens (tertiary/aromatic N) is 3. The minimum atomic E-state index is -0.0542. The Morgan fingerprint density at radius 1 is 1.30 bits per heavy atom. The van der Waals surface area contributed by atoms with Crippen LogP contribution < -0.4 is 5.32 Å². The summed E-state index contributed by atoms with van der Waals surface area (Å²) in [7, 11) is 1.80. The van der Waals surface area contributed by atoms with Crippen molar-refractivity contribution in [3.8, 4) is 0 Å². The van der Waals surface area contributed by atoms with Crippen LogP contribution in [0.5, 0.6) is 0 Å². The first kappa shape index (κ1) is 17.4. The van der Waals surface area contributed by atoms with Crippen molar-refractivity contribution in [3.05, 3.63) is 46.2 Å². The van der Waals surface area contributed by atoms with Crippen molar-refractivity contribution in [3.63, 3.8) is 0 Å². The van der Waals surface area contributed by atoms with Gasteiger partial charge in [0.05, 0.1) is 11.3 Å². The van der Waals surface area contributed by atoms with E-state index in [1.807, 2.05) is 25.1 Å². The molecule has 0 spiro atoms. The molecule has 1 heterocycles. The van der Waals surface area contributed by atoms with Crippen molar-refractivity contribution in [1.29, 1.82) is 0 Å². The lowest BCUT2D eigenvalue weighted by Gasteiger charge is -2.16. The normalized spacial score (nSPS) is 10.4. The molecule has 1 amide bonds. The van der Waals surface area contributed by atoms with Gasteiger partial charge in [-0.25, -0.2) is 9.97 Å². The van der Waals surface area contributed by atoms with Gasteiger partial charge in [-0.2, -0.15) is 0 Å². The van der Waals surface area contributed by atoms with Gasteiger partial charge in [0.1, 0.15) is 0 Å². The van der Waals surface area contributed by atoms with Crippen LogP contribution in [0.4, 0.5) is 11.6 Å². The maximum atomic E-state index is 12.2. The average Bonchev–Trinajstić information content (AvgIpc) is 2.55. The van der Waals surface area contributed by atoms with E-state index in [2.05, 4.69) is 38.1 Å². The fourth-order valence-electron chi connectivity index (χ4n) is 2.06. The number of amides is 1. The summed E-state index contributed by atoms with van der Waals surface area (Å²) in [5.41, 5.74) is 2.55. The molecule has 0 bridgehead atoms. The monoisotopic (exact) mass is 376 g/mol. The third-order valence-corrected chi connectivity index (χ3v) is 4.12. The number of aryl methyl sites for hydroxylation is 1. The van der Waals surface area contributed by atoms with Crippen LogP contribution >= 0.6 is 15.9 Å². The highest BCUT2D eigenvalue weighted by molar-refractivity contribution is 9.10. The number of rotatable bonds is 6. The standard InChI is InChI=1S/C17H21BrN4O/c1-4-5-8-22(3)16(23)13-10-19-17(20-11-13)21-15-7-6-12(2)9-14(15)18/h6-7,9-11H,4-5,8H2,1-3H3,(H,19,20,21). The number of carbonyl (C=O) groups excluding carboxylic acids is 1. The zero-order valence-electron chi connectivity index (χ0n) is 13.6. The average molecular weight is 377 g/mol. The molecule has 1 aromatic heterocycles. The molecule has 0 unspecified atom stereocenters. The number of carbonyl (C=O) groups is 1. The van der Waals surface area contributed by atoms with E-state index in [0.717, 1.165) is 29.5 Å². The molecule has 6 heteroatoms. The highest BCUT2D eigenvalue weighted by Gasteiger charge is 2.12. The van der Waals surface area contributed by atoms with Crippen molar-refractivity contribution in [1.82, 2.24) is 14.9 Å². The van der Waals surface area contributed by atoms with Crippen molar-refractivity contribution >= 4 is 33.5 Å². The molecule has 0 fully saturated rings. The number of anilines is 2. The van der Waals surface area contributed by atoms with E-state index in [4.69, 9.17) is 0 Å².